The fraction of sp³-hybridized carbons (Fsp3) is 0.348. The van der Waals surface area contributed by atoms with Gasteiger partial charge in [-0.1, -0.05) is 0 Å². The number of hydrogen-bond donors (Lipinski definition) is 2. The average molecular weight is 476 g/mol. The molecule has 0 spiro atoms. The van der Waals surface area contributed by atoms with Gasteiger partial charge in [0.05, 0.1) is 24.1 Å². The minimum absolute atomic E-state index is 0.0648. The molecule has 0 radical (unpaired) electrons. The summed E-state index contributed by atoms with van der Waals surface area (Å²) >= 11 is 0. The summed E-state index contributed by atoms with van der Waals surface area (Å²) in [5.74, 6) is -0.513. The number of hydrogen-bond acceptors (Lipinski definition) is 6. The van der Waals surface area contributed by atoms with Crippen LogP contribution in [0.5, 0.6) is 0 Å². The summed E-state index contributed by atoms with van der Waals surface area (Å²) in [5, 5.41) is 12.7. The zero-order valence-corrected chi connectivity index (χ0v) is 19.4. The SMILES string of the molecule is CNC(=O)c1c(-c2ccc(F)cc2)oc2cc3c(cc12)C(C)N(CCO)CCN3S(C)(=O)=O. The van der Waals surface area contributed by atoms with Crippen LogP contribution < -0.4 is 9.62 Å². The van der Waals surface area contributed by atoms with E-state index in [2.05, 4.69) is 5.32 Å². The van der Waals surface area contributed by atoms with Gasteiger partial charge in [0, 0.05) is 49.7 Å². The number of nitrogens with zero attached hydrogens (tertiary/aromatic N) is 2. The molecule has 3 aromatic rings. The van der Waals surface area contributed by atoms with E-state index < -0.39 is 15.8 Å². The lowest BCUT2D eigenvalue weighted by atomic mass is 9.99. The van der Waals surface area contributed by atoms with Crippen LogP contribution in [0.15, 0.2) is 40.8 Å². The standard InChI is InChI=1S/C23H26FN3O5S/c1-14-17-12-18-20(13-19(17)27(33(3,30)31)9-8-26(14)10-11-28)32-22(21(18)23(29)25-2)15-4-6-16(24)7-5-15/h4-7,12-14,28H,8-11H2,1-3H3,(H,25,29). The Balaban J connectivity index is 2.01. The number of benzene rings is 2. The minimum atomic E-state index is -3.59. The molecule has 176 valence electrons. The van der Waals surface area contributed by atoms with E-state index in [9.17, 15) is 22.7 Å². The maximum absolute atomic E-state index is 13.5. The molecule has 1 unspecified atom stereocenters. The lowest BCUT2D eigenvalue weighted by molar-refractivity contribution is 0.0964. The van der Waals surface area contributed by atoms with Crippen molar-refractivity contribution in [2.75, 3.05) is 43.8 Å². The Kier molecular flexibility index (Phi) is 6.17. The summed E-state index contributed by atoms with van der Waals surface area (Å²) in [5.41, 5.74) is 2.34. The van der Waals surface area contributed by atoms with Gasteiger partial charge in [0.25, 0.3) is 5.91 Å². The fourth-order valence-corrected chi connectivity index (χ4v) is 5.29. The Morgan fingerprint density at radius 3 is 2.55 bits per heavy atom. The number of sulfonamides is 1. The molecule has 8 nitrogen and oxygen atoms in total. The van der Waals surface area contributed by atoms with Crippen molar-refractivity contribution in [3.63, 3.8) is 0 Å². The van der Waals surface area contributed by atoms with Gasteiger partial charge in [-0.3, -0.25) is 14.0 Å². The molecule has 1 aliphatic rings. The zero-order chi connectivity index (χ0) is 23.9. The third-order valence-corrected chi connectivity index (χ3v) is 7.22. The van der Waals surface area contributed by atoms with Crippen molar-refractivity contribution in [1.29, 1.82) is 0 Å². The van der Waals surface area contributed by atoms with E-state index in [0.29, 0.717) is 40.9 Å². The Morgan fingerprint density at radius 1 is 1.24 bits per heavy atom. The van der Waals surface area contributed by atoms with E-state index >= 15 is 0 Å². The van der Waals surface area contributed by atoms with Crippen LogP contribution in [-0.2, 0) is 10.0 Å². The van der Waals surface area contributed by atoms with Crippen LogP contribution in [0.4, 0.5) is 10.1 Å². The van der Waals surface area contributed by atoms with Gasteiger partial charge in [-0.25, -0.2) is 12.8 Å². The number of carbonyl (C=O) groups excluding carboxylic acids is 1. The molecule has 33 heavy (non-hydrogen) atoms. The molecule has 10 heteroatoms. The van der Waals surface area contributed by atoms with Crippen LogP contribution in [0.1, 0.15) is 28.9 Å². The first kappa shape index (κ1) is 23.2. The Bertz CT molecular complexity index is 1300. The normalized spacial score (nSPS) is 17.1. The van der Waals surface area contributed by atoms with Gasteiger partial charge in [-0.05, 0) is 42.8 Å². The van der Waals surface area contributed by atoms with Crippen molar-refractivity contribution < 1.29 is 27.1 Å². The molecule has 4 rings (SSSR count). The molecule has 2 N–H and O–H groups in total. The van der Waals surface area contributed by atoms with E-state index in [1.165, 1.54) is 35.6 Å². The van der Waals surface area contributed by atoms with E-state index in [1.54, 1.807) is 12.1 Å². The highest BCUT2D eigenvalue weighted by atomic mass is 32.2. The minimum Gasteiger partial charge on any atom is -0.455 e. The topological polar surface area (TPSA) is 103 Å². The number of carbonyl (C=O) groups is 1. The number of halogens is 1. The predicted molar refractivity (Wildman–Crippen MR) is 124 cm³/mol. The summed E-state index contributed by atoms with van der Waals surface area (Å²) in [6, 6.07) is 8.83. The molecule has 0 bridgehead atoms. The summed E-state index contributed by atoms with van der Waals surface area (Å²) in [4.78, 5) is 14.9. The molecule has 0 saturated heterocycles. The van der Waals surface area contributed by atoms with Crippen molar-refractivity contribution in [2.24, 2.45) is 0 Å². The summed E-state index contributed by atoms with van der Waals surface area (Å²) in [6.07, 6.45) is 1.15. The first-order chi connectivity index (χ1) is 15.7. The van der Waals surface area contributed by atoms with Gasteiger partial charge in [0.2, 0.25) is 10.0 Å². The van der Waals surface area contributed by atoms with Gasteiger partial charge >= 0.3 is 0 Å². The Labute approximate surface area is 191 Å². The number of furan rings is 1. The summed E-state index contributed by atoms with van der Waals surface area (Å²) in [7, 11) is -2.08. The lowest BCUT2D eigenvalue weighted by Gasteiger charge is -2.26. The van der Waals surface area contributed by atoms with E-state index in [-0.39, 0.29) is 36.4 Å². The van der Waals surface area contributed by atoms with Gasteiger partial charge < -0.3 is 14.8 Å². The van der Waals surface area contributed by atoms with Crippen LogP contribution in [-0.4, -0.2) is 63.9 Å². The smallest absolute Gasteiger partial charge is 0.255 e. The molecule has 1 amide bonds. The lowest BCUT2D eigenvalue weighted by Crippen LogP contribution is -2.36. The van der Waals surface area contributed by atoms with Gasteiger partial charge in [-0.2, -0.15) is 0 Å². The van der Waals surface area contributed by atoms with Crippen molar-refractivity contribution in [1.82, 2.24) is 10.2 Å². The van der Waals surface area contributed by atoms with Crippen molar-refractivity contribution in [3.8, 4) is 11.3 Å². The second-order valence-corrected chi connectivity index (χ2v) is 9.98. The number of aliphatic hydroxyl groups excluding tert-OH is 1. The van der Waals surface area contributed by atoms with Crippen LogP contribution in [0.2, 0.25) is 0 Å². The maximum Gasteiger partial charge on any atom is 0.255 e. The second-order valence-electron chi connectivity index (χ2n) is 8.07. The third kappa shape index (κ3) is 4.21. The van der Waals surface area contributed by atoms with E-state index in [4.69, 9.17) is 4.42 Å². The Morgan fingerprint density at radius 2 is 1.94 bits per heavy atom. The number of aliphatic hydroxyl groups is 1. The van der Waals surface area contributed by atoms with Crippen LogP contribution in [0.3, 0.4) is 0 Å². The third-order valence-electron chi connectivity index (χ3n) is 6.04. The van der Waals surface area contributed by atoms with Crippen LogP contribution in [0, 0.1) is 5.82 Å². The number of amides is 1. The molecule has 1 aromatic heterocycles. The van der Waals surface area contributed by atoms with Gasteiger partial charge in [0.1, 0.15) is 17.2 Å². The van der Waals surface area contributed by atoms with Crippen LogP contribution in [0.25, 0.3) is 22.3 Å². The molecule has 0 fully saturated rings. The monoisotopic (exact) mass is 475 g/mol. The quantitative estimate of drug-likeness (QED) is 0.588. The fourth-order valence-electron chi connectivity index (χ4n) is 4.36. The van der Waals surface area contributed by atoms with E-state index in [1.807, 2.05) is 11.8 Å². The van der Waals surface area contributed by atoms with Crippen molar-refractivity contribution >= 4 is 32.6 Å². The molecule has 1 atom stereocenters. The number of anilines is 1. The highest BCUT2D eigenvalue weighted by Gasteiger charge is 2.32. The predicted octanol–water partition coefficient (Wildman–Crippen LogP) is 2.73. The van der Waals surface area contributed by atoms with Crippen LogP contribution >= 0.6 is 0 Å². The largest absolute Gasteiger partial charge is 0.455 e. The van der Waals surface area contributed by atoms with Crippen molar-refractivity contribution in [2.45, 2.75) is 13.0 Å². The number of fused-ring (bicyclic) bond motifs is 2. The number of β-amino-alcohol motifs (C(OH)–C–C–N with tert-alkyl or cyclic N) is 1. The molecular weight excluding hydrogens is 449 g/mol. The second kappa shape index (κ2) is 8.77. The average Bonchev–Trinajstić information content (AvgIpc) is 3.08. The van der Waals surface area contributed by atoms with E-state index in [0.717, 1.165) is 6.26 Å². The first-order valence-electron chi connectivity index (χ1n) is 10.6. The van der Waals surface area contributed by atoms with Gasteiger partial charge in [-0.15, -0.1) is 0 Å². The van der Waals surface area contributed by atoms with Crippen molar-refractivity contribution in [3.05, 3.63) is 53.3 Å². The maximum atomic E-state index is 13.5. The summed E-state index contributed by atoms with van der Waals surface area (Å²) in [6.45, 7) is 2.91. The molecular formula is C23H26FN3O5S. The molecule has 2 aromatic carbocycles. The Hall–Kier alpha value is -2.95. The highest BCUT2D eigenvalue weighted by molar-refractivity contribution is 7.92. The first-order valence-corrected chi connectivity index (χ1v) is 12.4. The summed E-state index contributed by atoms with van der Waals surface area (Å²) < 4.78 is 46.1. The number of nitrogens with one attached hydrogen (secondary N) is 1. The molecule has 1 aliphatic heterocycles. The molecule has 0 aliphatic carbocycles. The molecule has 2 heterocycles. The molecule has 0 saturated carbocycles. The highest BCUT2D eigenvalue weighted by Crippen LogP contribution is 2.41. The zero-order valence-electron chi connectivity index (χ0n) is 18.6. The number of rotatable bonds is 5. The van der Waals surface area contributed by atoms with Gasteiger partial charge in [0.15, 0.2) is 0 Å².